The largest absolute Gasteiger partial charge is 0.262 e. The first kappa shape index (κ1) is 12.8. The Morgan fingerprint density at radius 2 is 2.12 bits per heavy atom. The van der Waals surface area contributed by atoms with Crippen LogP contribution in [-0.4, -0.2) is 36.7 Å². The number of pyridine rings is 1. The summed E-state index contributed by atoms with van der Waals surface area (Å²) < 4.78 is 51.3. The zero-order chi connectivity index (χ0) is 12.7. The van der Waals surface area contributed by atoms with Gasteiger partial charge in [0.05, 0.1) is 6.54 Å². The Labute approximate surface area is 106 Å². The highest BCUT2D eigenvalue weighted by Gasteiger charge is 2.43. The molecular formula is C9H9BrF2N2O2S. The van der Waals surface area contributed by atoms with Gasteiger partial charge in [0.15, 0.2) is 0 Å². The molecular weight excluding hydrogens is 318 g/mol. The summed E-state index contributed by atoms with van der Waals surface area (Å²) >= 11 is 3.09. The molecule has 0 N–H and O–H groups in total. The lowest BCUT2D eigenvalue weighted by molar-refractivity contribution is 0.0183. The number of nitrogens with zero attached hydrogens (tertiary/aromatic N) is 2. The van der Waals surface area contributed by atoms with Crippen molar-refractivity contribution in [3.63, 3.8) is 0 Å². The molecule has 17 heavy (non-hydrogen) atoms. The van der Waals surface area contributed by atoms with Gasteiger partial charge >= 0.3 is 0 Å². The highest BCUT2D eigenvalue weighted by Crippen LogP contribution is 2.31. The molecule has 1 aromatic heterocycles. The predicted octanol–water partition coefficient (Wildman–Crippen LogP) is 1.87. The summed E-state index contributed by atoms with van der Waals surface area (Å²) in [6.07, 6.45) is 2.14. The summed E-state index contributed by atoms with van der Waals surface area (Å²) in [5.41, 5.74) is 0. The lowest BCUT2D eigenvalue weighted by Crippen LogP contribution is -2.31. The number of halogens is 3. The molecule has 0 amide bonds. The van der Waals surface area contributed by atoms with Crippen molar-refractivity contribution < 1.29 is 17.2 Å². The van der Waals surface area contributed by atoms with Gasteiger partial charge in [-0.25, -0.2) is 17.2 Å². The molecule has 0 spiro atoms. The topological polar surface area (TPSA) is 50.3 Å². The quantitative estimate of drug-likeness (QED) is 0.833. The third kappa shape index (κ3) is 2.63. The third-order valence-electron chi connectivity index (χ3n) is 2.45. The summed E-state index contributed by atoms with van der Waals surface area (Å²) in [5.74, 6) is -2.94. The highest BCUT2D eigenvalue weighted by atomic mass is 79.9. The molecule has 4 nitrogen and oxygen atoms in total. The second kappa shape index (κ2) is 4.25. The van der Waals surface area contributed by atoms with Crippen LogP contribution in [0.25, 0.3) is 0 Å². The number of aromatic nitrogens is 1. The van der Waals surface area contributed by atoms with Crippen LogP contribution in [0.15, 0.2) is 27.8 Å². The van der Waals surface area contributed by atoms with Gasteiger partial charge in [0.25, 0.3) is 5.92 Å². The maximum atomic E-state index is 13.0. The van der Waals surface area contributed by atoms with Crippen LogP contribution in [0.1, 0.15) is 6.42 Å². The van der Waals surface area contributed by atoms with Gasteiger partial charge in [-0.1, -0.05) is 0 Å². The summed E-state index contributed by atoms with van der Waals surface area (Å²) in [6, 6.07) is 1.35. The van der Waals surface area contributed by atoms with Gasteiger partial charge in [-0.05, 0) is 22.0 Å². The van der Waals surface area contributed by atoms with Crippen molar-refractivity contribution in [2.45, 2.75) is 17.2 Å². The van der Waals surface area contributed by atoms with E-state index in [1.54, 1.807) is 0 Å². The SMILES string of the molecule is O=S(=O)(c1cncc(Br)c1)N1CCC(F)(F)C1. The standard InChI is InChI=1S/C9H9BrF2N2O2S/c10-7-3-8(5-13-4-7)17(15,16)14-2-1-9(11,12)6-14/h3-5H,1-2,6H2. The van der Waals surface area contributed by atoms with E-state index in [9.17, 15) is 17.2 Å². The maximum Gasteiger partial charge on any atom is 0.262 e. The van der Waals surface area contributed by atoms with E-state index in [0.29, 0.717) is 4.47 Å². The van der Waals surface area contributed by atoms with E-state index in [1.807, 2.05) is 0 Å². The molecule has 1 fully saturated rings. The molecule has 1 aliphatic heterocycles. The maximum absolute atomic E-state index is 13.0. The van der Waals surface area contributed by atoms with Crippen LogP contribution in [0.2, 0.25) is 0 Å². The fourth-order valence-corrected chi connectivity index (χ4v) is 3.57. The summed E-state index contributed by atoms with van der Waals surface area (Å²) in [4.78, 5) is 3.64. The molecule has 0 aromatic carbocycles. The van der Waals surface area contributed by atoms with Crippen LogP contribution in [-0.2, 0) is 10.0 Å². The molecule has 2 heterocycles. The fourth-order valence-electron chi connectivity index (χ4n) is 1.59. The second-order valence-corrected chi connectivity index (χ2v) is 6.64. The minimum Gasteiger partial charge on any atom is -0.262 e. The first-order valence-electron chi connectivity index (χ1n) is 4.80. The van der Waals surface area contributed by atoms with Crippen LogP contribution in [0, 0.1) is 0 Å². The Morgan fingerprint density at radius 1 is 1.41 bits per heavy atom. The lowest BCUT2D eigenvalue weighted by atomic mass is 10.3. The van der Waals surface area contributed by atoms with Crippen molar-refractivity contribution in [3.8, 4) is 0 Å². The molecule has 0 aliphatic carbocycles. The highest BCUT2D eigenvalue weighted by molar-refractivity contribution is 9.10. The summed E-state index contributed by atoms with van der Waals surface area (Å²) in [7, 11) is -3.87. The number of hydrogen-bond donors (Lipinski definition) is 0. The Balaban J connectivity index is 2.32. The normalized spacial score (nSPS) is 20.6. The van der Waals surface area contributed by atoms with E-state index >= 15 is 0 Å². The Hall–Kier alpha value is -0.600. The van der Waals surface area contributed by atoms with Crippen LogP contribution in [0.4, 0.5) is 8.78 Å². The average Bonchev–Trinajstić information content (AvgIpc) is 2.59. The van der Waals surface area contributed by atoms with Crippen molar-refractivity contribution in [3.05, 3.63) is 22.9 Å². The third-order valence-corrected chi connectivity index (χ3v) is 4.70. The Kier molecular flexibility index (Phi) is 3.21. The molecule has 8 heteroatoms. The van der Waals surface area contributed by atoms with Crippen molar-refractivity contribution in [1.82, 2.24) is 9.29 Å². The van der Waals surface area contributed by atoms with Gasteiger partial charge in [-0.2, -0.15) is 4.31 Å². The van der Waals surface area contributed by atoms with E-state index in [2.05, 4.69) is 20.9 Å². The van der Waals surface area contributed by atoms with Gasteiger partial charge < -0.3 is 0 Å². The predicted molar refractivity (Wildman–Crippen MR) is 60.3 cm³/mol. The number of hydrogen-bond acceptors (Lipinski definition) is 3. The molecule has 0 atom stereocenters. The smallest absolute Gasteiger partial charge is 0.262 e. The molecule has 0 bridgehead atoms. The van der Waals surface area contributed by atoms with Gasteiger partial charge in [0.2, 0.25) is 10.0 Å². The van der Waals surface area contributed by atoms with Crippen LogP contribution in [0.5, 0.6) is 0 Å². The van der Waals surface area contributed by atoms with Crippen molar-refractivity contribution in [1.29, 1.82) is 0 Å². The number of alkyl halides is 2. The van der Waals surface area contributed by atoms with E-state index in [1.165, 1.54) is 12.3 Å². The number of sulfonamides is 1. The van der Waals surface area contributed by atoms with E-state index in [0.717, 1.165) is 10.5 Å². The average molecular weight is 327 g/mol. The fraction of sp³-hybridized carbons (Fsp3) is 0.444. The zero-order valence-electron chi connectivity index (χ0n) is 8.61. The molecule has 1 saturated heterocycles. The zero-order valence-corrected chi connectivity index (χ0v) is 11.0. The molecule has 0 saturated carbocycles. The van der Waals surface area contributed by atoms with Crippen molar-refractivity contribution in [2.24, 2.45) is 0 Å². The van der Waals surface area contributed by atoms with Gasteiger partial charge in [0, 0.05) is 29.8 Å². The first-order valence-corrected chi connectivity index (χ1v) is 7.03. The lowest BCUT2D eigenvalue weighted by Gasteiger charge is -2.15. The molecule has 2 rings (SSSR count). The minimum absolute atomic E-state index is 0.0791. The Bertz CT molecular complexity index is 536. The summed E-state index contributed by atoms with van der Waals surface area (Å²) in [6.45, 7) is -0.927. The minimum atomic E-state index is -3.87. The van der Waals surface area contributed by atoms with Crippen LogP contribution in [0.3, 0.4) is 0 Å². The van der Waals surface area contributed by atoms with Gasteiger partial charge in [-0.3, -0.25) is 4.98 Å². The monoisotopic (exact) mass is 326 g/mol. The molecule has 1 aliphatic rings. The molecule has 0 radical (unpaired) electrons. The number of rotatable bonds is 2. The van der Waals surface area contributed by atoms with E-state index in [-0.39, 0.29) is 11.4 Å². The molecule has 1 aromatic rings. The molecule has 0 unspecified atom stereocenters. The Morgan fingerprint density at radius 3 is 2.65 bits per heavy atom. The first-order chi connectivity index (χ1) is 7.81. The van der Waals surface area contributed by atoms with Gasteiger partial charge in [-0.15, -0.1) is 0 Å². The van der Waals surface area contributed by atoms with E-state index < -0.39 is 28.9 Å². The van der Waals surface area contributed by atoms with Crippen molar-refractivity contribution in [2.75, 3.05) is 13.1 Å². The van der Waals surface area contributed by atoms with Crippen molar-refractivity contribution >= 4 is 26.0 Å². The molecule has 94 valence electrons. The summed E-state index contributed by atoms with van der Waals surface area (Å²) in [5, 5.41) is 0. The van der Waals surface area contributed by atoms with Gasteiger partial charge in [0.1, 0.15) is 4.90 Å². The second-order valence-electron chi connectivity index (χ2n) is 3.78. The van der Waals surface area contributed by atoms with Crippen LogP contribution < -0.4 is 0 Å². The van der Waals surface area contributed by atoms with Crippen LogP contribution >= 0.6 is 15.9 Å². The van der Waals surface area contributed by atoms with E-state index in [4.69, 9.17) is 0 Å².